The van der Waals surface area contributed by atoms with Crippen LogP contribution in [0.25, 0.3) is 5.69 Å². The van der Waals surface area contributed by atoms with Crippen LogP contribution in [0.3, 0.4) is 0 Å². The van der Waals surface area contributed by atoms with Gasteiger partial charge < -0.3 is 10.1 Å². The van der Waals surface area contributed by atoms with E-state index in [9.17, 15) is 23.3 Å². The molecule has 12 heteroatoms. The van der Waals surface area contributed by atoms with E-state index in [1.54, 1.807) is 13.8 Å². The predicted molar refractivity (Wildman–Crippen MR) is 148 cm³/mol. The third-order valence-electron chi connectivity index (χ3n) is 6.47. The molecular formula is C27H35N5O6S. The number of aryl methyl sites for hydroxylation is 2. The molecule has 2 atom stereocenters. The third kappa shape index (κ3) is 6.63. The van der Waals surface area contributed by atoms with E-state index >= 15 is 0 Å². The van der Waals surface area contributed by atoms with Crippen LogP contribution in [0, 0.1) is 30.9 Å². The molecule has 0 unspecified atom stereocenters. The Balaban J connectivity index is 2.24. The molecule has 210 valence electrons. The van der Waals surface area contributed by atoms with Crippen LogP contribution in [0.15, 0.2) is 41.3 Å². The van der Waals surface area contributed by atoms with E-state index in [1.807, 2.05) is 52.8 Å². The molecule has 0 spiro atoms. The Labute approximate surface area is 228 Å². The van der Waals surface area contributed by atoms with E-state index in [1.165, 1.54) is 16.8 Å². The number of benzene rings is 2. The molecule has 1 aromatic heterocycles. The van der Waals surface area contributed by atoms with Gasteiger partial charge in [-0.1, -0.05) is 26.0 Å². The van der Waals surface area contributed by atoms with Crippen molar-refractivity contribution in [2.75, 3.05) is 0 Å². The van der Waals surface area contributed by atoms with Gasteiger partial charge in [-0.2, -0.15) is 9.78 Å². The van der Waals surface area contributed by atoms with Gasteiger partial charge in [0.1, 0.15) is 10.6 Å². The summed E-state index contributed by atoms with van der Waals surface area (Å²) in [6.45, 7) is 12.8. The molecule has 3 rings (SSSR count). The minimum Gasteiger partial charge on any atom is -0.437 e. The van der Waals surface area contributed by atoms with E-state index in [0.717, 1.165) is 23.6 Å². The topological polar surface area (TPSA) is 145 Å². The number of carbonyl (C=O) groups excluding carboxylic acids is 1. The molecule has 3 aromatic rings. The zero-order chi connectivity index (χ0) is 29.1. The van der Waals surface area contributed by atoms with Crippen molar-refractivity contribution in [3.8, 4) is 17.3 Å². The number of carbonyl (C=O) groups is 1. The second-order valence-electron chi connectivity index (χ2n) is 9.68. The van der Waals surface area contributed by atoms with E-state index < -0.39 is 37.5 Å². The molecule has 2 aromatic carbocycles. The smallest absolute Gasteiger partial charge is 0.272 e. The van der Waals surface area contributed by atoms with Crippen LogP contribution < -0.4 is 14.8 Å². The molecule has 0 radical (unpaired) electrons. The fraction of sp³-hybridized carbons (Fsp3) is 0.407. The number of ether oxygens (including phenoxy) is 1. The van der Waals surface area contributed by atoms with Crippen LogP contribution in [-0.4, -0.2) is 41.1 Å². The Kier molecular flexibility index (Phi) is 9.13. The molecule has 0 saturated heterocycles. The number of nitrogens with one attached hydrogen (secondary N) is 2. The number of aromatic nitrogens is 2. The van der Waals surface area contributed by atoms with Crippen molar-refractivity contribution in [1.29, 1.82) is 0 Å². The number of rotatable bonds is 11. The van der Waals surface area contributed by atoms with Crippen molar-refractivity contribution < 1.29 is 22.9 Å². The lowest BCUT2D eigenvalue weighted by atomic mass is 10.1. The van der Waals surface area contributed by atoms with Crippen molar-refractivity contribution >= 4 is 21.6 Å². The first-order valence-corrected chi connectivity index (χ1v) is 14.2. The third-order valence-corrected chi connectivity index (χ3v) is 8.08. The van der Waals surface area contributed by atoms with Gasteiger partial charge >= 0.3 is 0 Å². The molecule has 0 aliphatic rings. The molecule has 2 N–H and O–H groups in total. The van der Waals surface area contributed by atoms with E-state index in [0.29, 0.717) is 17.7 Å². The van der Waals surface area contributed by atoms with Gasteiger partial charge in [0.05, 0.1) is 10.6 Å². The fourth-order valence-corrected chi connectivity index (χ4v) is 5.22. The van der Waals surface area contributed by atoms with Crippen molar-refractivity contribution in [2.24, 2.45) is 0 Å². The monoisotopic (exact) mass is 557 g/mol. The van der Waals surface area contributed by atoms with Gasteiger partial charge in [-0.3, -0.25) is 14.9 Å². The Bertz CT molecular complexity index is 1500. The van der Waals surface area contributed by atoms with Crippen molar-refractivity contribution in [3.63, 3.8) is 0 Å². The first-order chi connectivity index (χ1) is 18.3. The molecule has 1 heterocycles. The first kappa shape index (κ1) is 29.8. The molecule has 11 nitrogen and oxygen atoms in total. The number of non-ortho nitro benzene ring substituents is 1. The quantitative estimate of drug-likeness (QED) is 0.246. The van der Waals surface area contributed by atoms with Gasteiger partial charge in [0.25, 0.3) is 11.6 Å². The van der Waals surface area contributed by atoms with Crippen LogP contribution in [0.4, 0.5) is 5.69 Å². The summed E-state index contributed by atoms with van der Waals surface area (Å²) in [5.41, 5.74) is 2.53. The highest BCUT2D eigenvalue weighted by Crippen LogP contribution is 2.36. The highest BCUT2D eigenvalue weighted by molar-refractivity contribution is 7.89. The largest absolute Gasteiger partial charge is 0.437 e. The summed E-state index contributed by atoms with van der Waals surface area (Å²) >= 11 is 0. The highest BCUT2D eigenvalue weighted by atomic mass is 32.2. The Morgan fingerprint density at radius 1 is 1.08 bits per heavy atom. The van der Waals surface area contributed by atoms with Crippen LogP contribution >= 0.6 is 0 Å². The number of hydrogen-bond donors (Lipinski definition) is 2. The van der Waals surface area contributed by atoms with Crippen molar-refractivity contribution in [3.05, 3.63) is 68.9 Å². The van der Waals surface area contributed by atoms with Gasteiger partial charge in [0, 0.05) is 29.8 Å². The Hall–Kier alpha value is -3.77. The van der Waals surface area contributed by atoms with Gasteiger partial charge in [-0.05, 0) is 70.7 Å². The normalized spacial score (nSPS) is 13.1. The summed E-state index contributed by atoms with van der Waals surface area (Å²) in [6.07, 6.45) is 1.23. The Morgan fingerprint density at radius 2 is 1.74 bits per heavy atom. The Morgan fingerprint density at radius 3 is 2.36 bits per heavy atom. The molecule has 1 amide bonds. The summed E-state index contributed by atoms with van der Waals surface area (Å²) in [6, 6.07) is 8.58. The van der Waals surface area contributed by atoms with Crippen LogP contribution in [-0.2, 0) is 10.0 Å². The lowest BCUT2D eigenvalue weighted by molar-refractivity contribution is -0.385. The molecule has 39 heavy (non-hydrogen) atoms. The number of nitrogens with zero attached hydrogens (tertiary/aromatic N) is 3. The second-order valence-corrected chi connectivity index (χ2v) is 11.4. The maximum absolute atomic E-state index is 13.3. The van der Waals surface area contributed by atoms with Gasteiger partial charge in [-0.15, -0.1) is 0 Å². The van der Waals surface area contributed by atoms with E-state index in [2.05, 4.69) is 15.1 Å². The van der Waals surface area contributed by atoms with Crippen LogP contribution in [0.2, 0.25) is 0 Å². The zero-order valence-corrected chi connectivity index (χ0v) is 24.0. The summed E-state index contributed by atoms with van der Waals surface area (Å²) in [4.78, 5) is 23.5. The molecule has 0 aliphatic heterocycles. The zero-order valence-electron chi connectivity index (χ0n) is 23.2. The van der Waals surface area contributed by atoms with E-state index in [-0.39, 0.29) is 23.4 Å². The summed E-state index contributed by atoms with van der Waals surface area (Å²) in [5.74, 6) is -0.419. The maximum Gasteiger partial charge on any atom is 0.272 e. The molecule has 0 bridgehead atoms. The first-order valence-electron chi connectivity index (χ1n) is 12.8. The number of nitro groups is 1. The van der Waals surface area contributed by atoms with Crippen molar-refractivity contribution in [1.82, 2.24) is 19.8 Å². The fourth-order valence-electron chi connectivity index (χ4n) is 3.74. The van der Waals surface area contributed by atoms with E-state index in [4.69, 9.17) is 4.74 Å². The van der Waals surface area contributed by atoms with Crippen LogP contribution in [0.5, 0.6) is 11.6 Å². The number of hydrogen-bond acceptors (Lipinski definition) is 7. The number of sulfonamides is 1. The average Bonchev–Trinajstić information content (AvgIpc) is 3.20. The molecular weight excluding hydrogens is 522 g/mol. The predicted octanol–water partition coefficient (Wildman–Crippen LogP) is 5.10. The molecule has 0 aliphatic carbocycles. The SMILES string of the molecule is CC[C@H](C)NC(=O)c1nn(-c2cc(C)ccc2C)c(Oc2ccc([N+](=O)[O-])cc2S(=O)(=O)N[C@@H](C)CC)c1C. The highest BCUT2D eigenvalue weighted by Gasteiger charge is 2.29. The standard InChI is InChI=1S/C27H35N5O6S/c1-8-18(5)28-26(33)25-20(7)27(31(29-25)22-14-16(3)10-11-17(22)4)38-23-13-12-21(32(34)35)15-24(23)39(36,37)30-19(6)9-2/h10-15,18-19,30H,8-9H2,1-7H3,(H,28,33)/t18-,19-/m0/s1. The molecule has 0 saturated carbocycles. The number of amides is 1. The van der Waals surface area contributed by atoms with Gasteiger partial charge in [0.15, 0.2) is 5.69 Å². The minimum atomic E-state index is -4.20. The lowest BCUT2D eigenvalue weighted by Gasteiger charge is -2.17. The average molecular weight is 558 g/mol. The summed E-state index contributed by atoms with van der Waals surface area (Å²) in [7, 11) is -4.20. The number of nitro benzene ring substituents is 1. The summed E-state index contributed by atoms with van der Waals surface area (Å²) < 4.78 is 36.8. The second kappa shape index (κ2) is 12.0. The van der Waals surface area contributed by atoms with Gasteiger partial charge in [0.2, 0.25) is 15.9 Å². The molecule has 0 fully saturated rings. The lowest BCUT2D eigenvalue weighted by Crippen LogP contribution is -2.32. The van der Waals surface area contributed by atoms with Crippen LogP contribution in [0.1, 0.15) is 67.7 Å². The minimum absolute atomic E-state index is 0.0924. The van der Waals surface area contributed by atoms with Crippen molar-refractivity contribution in [2.45, 2.75) is 78.3 Å². The van der Waals surface area contributed by atoms with Gasteiger partial charge in [-0.25, -0.2) is 13.1 Å². The maximum atomic E-state index is 13.3. The summed E-state index contributed by atoms with van der Waals surface area (Å²) in [5, 5.41) is 18.9.